The molecular formula is C21H23F2NO6. The molecule has 0 unspecified atom stereocenters. The van der Waals surface area contributed by atoms with Gasteiger partial charge in [-0.15, -0.1) is 0 Å². The van der Waals surface area contributed by atoms with Gasteiger partial charge >= 0.3 is 6.61 Å². The number of carbonyl (C=O) groups excluding carboxylic acids is 2. The van der Waals surface area contributed by atoms with Gasteiger partial charge in [0.05, 0.1) is 33.0 Å². The van der Waals surface area contributed by atoms with Crippen LogP contribution in [0.25, 0.3) is 0 Å². The minimum Gasteiger partial charge on any atom is -0.491 e. The number of alkyl halides is 2. The van der Waals surface area contributed by atoms with E-state index < -0.39 is 12.5 Å². The average molecular weight is 423 g/mol. The van der Waals surface area contributed by atoms with Gasteiger partial charge in [0.25, 0.3) is 0 Å². The molecule has 30 heavy (non-hydrogen) atoms. The molecule has 0 aliphatic rings. The van der Waals surface area contributed by atoms with Gasteiger partial charge < -0.3 is 24.7 Å². The van der Waals surface area contributed by atoms with Crippen molar-refractivity contribution in [3.63, 3.8) is 0 Å². The van der Waals surface area contributed by atoms with Crippen molar-refractivity contribution >= 4 is 11.7 Å². The SMILES string of the molecule is NC(=O)c1cccc(C(=O)c2ccc(OCCOCCOCCOC(F)F)cc2)c1. The molecule has 0 heterocycles. The van der Waals surface area contributed by atoms with Crippen molar-refractivity contribution in [2.24, 2.45) is 5.73 Å². The first-order chi connectivity index (χ1) is 14.5. The Labute approximate surface area is 172 Å². The number of ketones is 1. The Hall–Kier alpha value is -2.88. The number of amides is 1. The van der Waals surface area contributed by atoms with E-state index in [-0.39, 0.29) is 31.2 Å². The Morgan fingerprint density at radius 3 is 2.03 bits per heavy atom. The fourth-order valence-corrected chi connectivity index (χ4v) is 2.42. The zero-order valence-electron chi connectivity index (χ0n) is 16.2. The third-order valence-electron chi connectivity index (χ3n) is 3.87. The molecule has 2 aromatic rings. The molecule has 9 heteroatoms. The van der Waals surface area contributed by atoms with Gasteiger partial charge in [-0.1, -0.05) is 12.1 Å². The van der Waals surface area contributed by atoms with Crippen LogP contribution < -0.4 is 10.5 Å². The van der Waals surface area contributed by atoms with Crippen LogP contribution in [0.2, 0.25) is 0 Å². The molecule has 7 nitrogen and oxygen atoms in total. The van der Waals surface area contributed by atoms with E-state index in [9.17, 15) is 18.4 Å². The second kappa shape index (κ2) is 12.6. The van der Waals surface area contributed by atoms with Gasteiger partial charge in [-0.25, -0.2) is 0 Å². The van der Waals surface area contributed by atoms with Crippen molar-refractivity contribution in [2.45, 2.75) is 6.61 Å². The lowest BCUT2D eigenvalue weighted by molar-refractivity contribution is -0.140. The Morgan fingerprint density at radius 2 is 1.40 bits per heavy atom. The first-order valence-corrected chi connectivity index (χ1v) is 9.20. The molecule has 0 aliphatic heterocycles. The van der Waals surface area contributed by atoms with E-state index >= 15 is 0 Å². The molecule has 1 amide bonds. The van der Waals surface area contributed by atoms with E-state index in [4.69, 9.17) is 19.9 Å². The number of carbonyl (C=O) groups is 2. The predicted octanol–water partition coefficient (Wildman–Crippen LogP) is 2.67. The highest BCUT2D eigenvalue weighted by Gasteiger charge is 2.11. The number of hydrogen-bond donors (Lipinski definition) is 1. The Morgan fingerprint density at radius 1 is 0.800 bits per heavy atom. The van der Waals surface area contributed by atoms with Crippen LogP contribution >= 0.6 is 0 Å². The molecule has 162 valence electrons. The summed E-state index contributed by atoms with van der Waals surface area (Å²) in [7, 11) is 0. The molecule has 0 fully saturated rings. The Balaban J connectivity index is 1.67. The third kappa shape index (κ3) is 8.24. The number of benzene rings is 2. The van der Waals surface area contributed by atoms with E-state index in [2.05, 4.69) is 4.74 Å². The molecule has 0 saturated carbocycles. The molecule has 0 atom stereocenters. The lowest BCUT2D eigenvalue weighted by Gasteiger charge is -2.09. The van der Waals surface area contributed by atoms with Gasteiger partial charge in [0.2, 0.25) is 5.91 Å². The molecule has 0 radical (unpaired) electrons. The fourth-order valence-electron chi connectivity index (χ4n) is 2.42. The second-order valence-corrected chi connectivity index (χ2v) is 6.00. The fraction of sp³-hybridized carbons (Fsp3) is 0.333. The van der Waals surface area contributed by atoms with E-state index in [1.165, 1.54) is 6.07 Å². The van der Waals surface area contributed by atoms with E-state index in [0.29, 0.717) is 36.7 Å². The quantitative estimate of drug-likeness (QED) is 0.371. The maximum atomic E-state index is 12.5. The zero-order chi connectivity index (χ0) is 21.8. The van der Waals surface area contributed by atoms with Crippen molar-refractivity contribution in [3.05, 3.63) is 65.2 Å². The number of primary amides is 1. The summed E-state index contributed by atoms with van der Waals surface area (Å²) in [4.78, 5) is 23.8. The molecule has 0 aromatic heterocycles. The summed E-state index contributed by atoms with van der Waals surface area (Å²) in [6, 6.07) is 12.8. The molecule has 0 aliphatic carbocycles. The maximum Gasteiger partial charge on any atom is 0.345 e. The molecule has 0 spiro atoms. The molecule has 0 bridgehead atoms. The van der Waals surface area contributed by atoms with Crippen LogP contribution in [0.1, 0.15) is 26.3 Å². The van der Waals surface area contributed by atoms with Crippen molar-refractivity contribution in [1.29, 1.82) is 0 Å². The number of nitrogens with two attached hydrogens (primary N) is 1. The zero-order valence-corrected chi connectivity index (χ0v) is 16.2. The summed E-state index contributed by atoms with van der Waals surface area (Å²) in [5.74, 6) is -0.253. The van der Waals surface area contributed by atoms with E-state index in [1.54, 1.807) is 42.5 Å². The van der Waals surface area contributed by atoms with Gasteiger partial charge in [-0.2, -0.15) is 8.78 Å². The highest BCUT2D eigenvalue weighted by molar-refractivity contribution is 6.10. The Bertz CT molecular complexity index is 813. The first kappa shape index (κ1) is 23.4. The maximum absolute atomic E-state index is 12.5. The van der Waals surface area contributed by atoms with Gasteiger partial charge in [0.1, 0.15) is 12.4 Å². The van der Waals surface area contributed by atoms with E-state index in [1.807, 2.05) is 0 Å². The minimum absolute atomic E-state index is 0.0715. The number of ether oxygens (including phenoxy) is 4. The summed E-state index contributed by atoms with van der Waals surface area (Å²) >= 11 is 0. The van der Waals surface area contributed by atoms with E-state index in [0.717, 1.165) is 0 Å². The standard InChI is InChI=1S/C21H23F2NO6/c22-21(23)30-13-11-28-9-8-27-10-12-29-18-6-4-15(5-7-18)19(25)16-2-1-3-17(14-16)20(24)26/h1-7,14,21H,8-13H2,(H2,24,26). The lowest BCUT2D eigenvalue weighted by atomic mass is 10.0. The summed E-state index contributed by atoms with van der Waals surface area (Å²) in [6.07, 6.45) is 0. The summed E-state index contributed by atoms with van der Waals surface area (Å²) < 4.78 is 43.4. The second-order valence-electron chi connectivity index (χ2n) is 6.00. The number of rotatable bonds is 14. The van der Waals surface area contributed by atoms with Crippen molar-refractivity contribution in [3.8, 4) is 5.75 Å². The molecule has 2 N–H and O–H groups in total. The normalized spacial score (nSPS) is 10.9. The van der Waals surface area contributed by atoms with Gasteiger partial charge in [0, 0.05) is 16.7 Å². The monoisotopic (exact) mass is 423 g/mol. The molecular weight excluding hydrogens is 400 g/mol. The van der Waals surface area contributed by atoms with Crippen LogP contribution in [0, 0.1) is 0 Å². The topological polar surface area (TPSA) is 97.1 Å². The molecule has 0 saturated heterocycles. The van der Waals surface area contributed by atoms with Crippen LogP contribution in [0.15, 0.2) is 48.5 Å². The largest absolute Gasteiger partial charge is 0.491 e. The molecule has 2 aromatic carbocycles. The first-order valence-electron chi connectivity index (χ1n) is 9.20. The Kier molecular flexibility index (Phi) is 9.85. The van der Waals surface area contributed by atoms with Gasteiger partial charge in [0.15, 0.2) is 5.78 Å². The third-order valence-corrected chi connectivity index (χ3v) is 3.87. The van der Waals surface area contributed by atoms with Crippen molar-refractivity contribution in [2.75, 3.05) is 39.6 Å². The highest BCUT2D eigenvalue weighted by atomic mass is 19.3. The summed E-state index contributed by atoms with van der Waals surface area (Å²) in [6.45, 7) is -1.71. The van der Waals surface area contributed by atoms with Crippen LogP contribution in [0.3, 0.4) is 0 Å². The summed E-state index contributed by atoms with van der Waals surface area (Å²) in [5, 5.41) is 0. The molecule has 2 rings (SSSR count). The van der Waals surface area contributed by atoms with Gasteiger partial charge in [-0.3, -0.25) is 9.59 Å². The summed E-state index contributed by atoms with van der Waals surface area (Å²) in [5.41, 5.74) is 6.34. The number of hydrogen-bond acceptors (Lipinski definition) is 6. The van der Waals surface area contributed by atoms with Crippen LogP contribution in [0.4, 0.5) is 8.78 Å². The highest BCUT2D eigenvalue weighted by Crippen LogP contribution is 2.16. The predicted molar refractivity (Wildman–Crippen MR) is 104 cm³/mol. The number of halogens is 2. The van der Waals surface area contributed by atoms with Crippen molar-refractivity contribution < 1.29 is 37.3 Å². The van der Waals surface area contributed by atoms with Crippen LogP contribution in [-0.2, 0) is 14.2 Å². The van der Waals surface area contributed by atoms with Gasteiger partial charge in [-0.05, 0) is 36.4 Å². The average Bonchev–Trinajstić information content (AvgIpc) is 2.75. The lowest BCUT2D eigenvalue weighted by Crippen LogP contribution is -2.13. The minimum atomic E-state index is -2.79. The van der Waals surface area contributed by atoms with Crippen molar-refractivity contribution in [1.82, 2.24) is 0 Å². The van der Waals surface area contributed by atoms with Crippen LogP contribution in [-0.4, -0.2) is 57.9 Å². The van der Waals surface area contributed by atoms with Crippen LogP contribution in [0.5, 0.6) is 5.75 Å². The smallest absolute Gasteiger partial charge is 0.345 e.